The summed E-state index contributed by atoms with van der Waals surface area (Å²) < 4.78 is 1.96. The third kappa shape index (κ3) is 4.57. The maximum atomic E-state index is 12.5. The minimum atomic E-state index is -0.0493. The molecule has 0 radical (unpaired) electrons. The van der Waals surface area contributed by atoms with Crippen LogP contribution in [0.3, 0.4) is 0 Å². The zero-order valence-electron chi connectivity index (χ0n) is 17.8. The fraction of sp³-hybridized carbons (Fsp3) is 0.208. The molecule has 4 aromatic rings. The Labute approximate surface area is 190 Å². The molecule has 0 spiro atoms. The van der Waals surface area contributed by atoms with Crippen LogP contribution < -0.4 is 5.32 Å². The van der Waals surface area contributed by atoms with Crippen LogP contribution in [-0.4, -0.2) is 26.4 Å². The quantitative estimate of drug-likeness (QED) is 0.362. The number of thioether (sulfide) groups is 1. The number of aryl methyl sites for hydroxylation is 2. The first-order chi connectivity index (χ1) is 15.1. The first-order valence-electron chi connectivity index (χ1n) is 10.1. The van der Waals surface area contributed by atoms with Crippen LogP contribution in [-0.2, 0) is 18.3 Å². The number of benzene rings is 2. The SMILES string of the molecule is CCc1ccccc1NC(=O)CSc1nnc(-c2csc(C)c2-c2ccccc2)n1C. The van der Waals surface area contributed by atoms with Gasteiger partial charge < -0.3 is 9.88 Å². The molecule has 5 nitrogen and oxygen atoms in total. The van der Waals surface area contributed by atoms with Gasteiger partial charge >= 0.3 is 0 Å². The largest absolute Gasteiger partial charge is 0.325 e. The molecule has 4 rings (SSSR count). The van der Waals surface area contributed by atoms with E-state index in [0.29, 0.717) is 0 Å². The van der Waals surface area contributed by atoms with Crippen LogP contribution in [0.1, 0.15) is 17.4 Å². The Balaban J connectivity index is 1.50. The van der Waals surface area contributed by atoms with E-state index in [1.54, 1.807) is 11.3 Å². The van der Waals surface area contributed by atoms with E-state index >= 15 is 0 Å². The van der Waals surface area contributed by atoms with E-state index in [-0.39, 0.29) is 11.7 Å². The standard InChI is InChI=1S/C24H24N4OS2/c1-4-17-10-8-9-13-20(17)25-21(29)15-31-24-27-26-23(28(24)3)19-14-30-16(2)22(19)18-11-6-5-7-12-18/h5-14H,4,15H2,1-3H3,(H,25,29). The van der Waals surface area contributed by atoms with Crippen LogP contribution in [0.15, 0.2) is 65.1 Å². The highest BCUT2D eigenvalue weighted by atomic mass is 32.2. The second-order valence-electron chi connectivity index (χ2n) is 7.16. The first-order valence-corrected chi connectivity index (χ1v) is 12.0. The molecule has 158 valence electrons. The van der Waals surface area contributed by atoms with Crippen molar-refractivity contribution in [2.24, 2.45) is 7.05 Å². The number of amides is 1. The average Bonchev–Trinajstić information content (AvgIpc) is 3.35. The van der Waals surface area contributed by atoms with Gasteiger partial charge in [-0.25, -0.2) is 0 Å². The summed E-state index contributed by atoms with van der Waals surface area (Å²) in [5.74, 6) is 1.03. The molecule has 2 aromatic carbocycles. The molecule has 0 unspecified atom stereocenters. The van der Waals surface area contributed by atoms with Crippen molar-refractivity contribution in [3.05, 3.63) is 70.4 Å². The third-order valence-electron chi connectivity index (χ3n) is 5.12. The molecule has 0 atom stereocenters. The van der Waals surface area contributed by atoms with E-state index in [2.05, 4.69) is 46.9 Å². The van der Waals surface area contributed by atoms with Crippen LogP contribution >= 0.6 is 23.1 Å². The lowest BCUT2D eigenvalue weighted by Gasteiger charge is -2.09. The van der Waals surface area contributed by atoms with Gasteiger partial charge in [0.2, 0.25) is 5.91 Å². The lowest BCUT2D eigenvalue weighted by Crippen LogP contribution is -2.15. The average molecular weight is 449 g/mol. The van der Waals surface area contributed by atoms with Crippen molar-refractivity contribution < 1.29 is 4.79 Å². The summed E-state index contributed by atoms with van der Waals surface area (Å²) in [5.41, 5.74) is 5.42. The lowest BCUT2D eigenvalue weighted by atomic mass is 10.0. The zero-order chi connectivity index (χ0) is 21.8. The molecule has 2 aromatic heterocycles. The second kappa shape index (κ2) is 9.49. The summed E-state index contributed by atoms with van der Waals surface area (Å²) >= 11 is 3.10. The molecule has 7 heteroatoms. The van der Waals surface area contributed by atoms with Gasteiger partial charge in [0.05, 0.1) is 5.75 Å². The van der Waals surface area contributed by atoms with Gasteiger partial charge in [-0.1, -0.05) is 67.2 Å². The summed E-state index contributed by atoms with van der Waals surface area (Å²) in [6.07, 6.45) is 0.875. The van der Waals surface area contributed by atoms with Crippen LogP contribution in [0.2, 0.25) is 0 Å². The topological polar surface area (TPSA) is 59.8 Å². The number of hydrogen-bond donors (Lipinski definition) is 1. The third-order valence-corrected chi connectivity index (χ3v) is 7.05. The van der Waals surface area contributed by atoms with Gasteiger partial charge in [-0.15, -0.1) is 21.5 Å². The normalized spacial score (nSPS) is 10.9. The number of anilines is 1. The van der Waals surface area contributed by atoms with E-state index in [4.69, 9.17) is 0 Å². The molecule has 0 aliphatic carbocycles. The Hall–Kier alpha value is -2.90. The van der Waals surface area contributed by atoms with Gasteiger partial charge in [-0.2, -0.15) is 0 Å². The molecule has 0 saturated heterocycles. The highest BCUT2D eigenvalue weighted by molar-refractivity contribution is 7.99. The molecule has 0 fully saturated rings. The first kappa shape index (κ1) is 21.3. The van der Waals surface area contributed by atoms with Gasteiger partial charge in [0.1, 0.15) is 0 Å². The van der Waals surface area contributed by atoms with E-state index < -0.39 is 0 Å². The molecule has 0 aliphatic heterocycles. The van der Waals surface area contributed by atoms with E-state index in [1.165, 1.54) is 27.8 Å². The Morgan fingerprint density at radius 3 is 2.61 bits per heavy atom. The van der Waals surface area contributed by atoms with Crippen LogP contribution in [0.4, 0.5) is 5.69 Å². The molecule has 1 N–H and O–H groups in total. The minimum Gasteiger partial charge on any atom is -0.325 e. The van der Waals surface area contributed by atoms with Gasteiger partial charge in [0, 0.05) is 34.1 Å². The van der Waals surface area contributed by atoms with Crippen LogP contribution in [0, 0.1) is 6.92 Å². The van der Waals surface area contributed by atoms with Gasteiger partial charge in [0.15, 0.2) is 11.0 Å². The summed E-state index contributed by atoms with van der Waals surface area (Å²) in [6, 6.07) is 18.2. The molecule has 0 aliphatic rings. The number of carbonyl (C=O) groups is 1. The van der Waals surface area contributed by atoms with Gasteiger partial charge in [0.25, 0.3) is 0 Å². The number of aromatic nitrogens is 3. The van der Waals surface area contributed by atoms with Gasteiger partial charge in [-0.3, -0.25) is 4.79 Å². The van der Waals surface area contributed by atoms with Crippen molar-refractivity contribution in [1.29, 1.82) is 0 Å². The number of nitrogens with zero attached hydrogens (tertiary/aromatic N) is 3. The molecular formula is C24H24N4OS2. The van der Waals surface area contributed by atoms with Crippen molar-refractivity contribution in [2.75, 3.05) is 11.1 Å². The predicted octanol–water partition coefficient (Wildman–Crippen LogP) is 5.81. The fourth-order valence-corrected chi connectivity index (χ4v) is 5.10. The molecule has 0 saturated carbocycles. The Morgan fingerprint density at radius 2 is 1.84 bits per heavy atom. The van der Waals surface area contributed by atoms with Crippen molar-refractivity contribution in [2.45, 2.75) is 25.4 Å². The number of para-hydroxylation sites is 1. The number of nitrogens with one attached hydrogen (secondary N) is 1. The predicted molar refractivity (Wildman–Crippen MR) is 130 cm³/mol. The smallest absolute Gasteiger partial charge is 0.234 e. The monoisotopic (exact) mass is 448 g/mol. The molecular weight excluding hydrogens is 424 g/mol. The van der Waals surface area contributed by atoms with Gasteiger partial charge in [-0.05, 0) is 30.5 Å². The van der Waals surface area contributed by atoms with Crippen LogP contribution in [0.25, 0.3) is 22.5 Å². The highest BCUT2D eigenvalue weighted by Crippen LogP contribution is 2.38. The Kier molecular flexibility index (Phi) is 6.53. The maximum Gasteiger partial charge on any atom is 0.234 e. The van der Waals surface area contributed by atoms with Crippen molar-refractivity contribution >= 4 is 34.7 Å². The number of rotatable bonds is 7. The molecule has 2 heterocycles. The Morgan fingerprint density at radius 1 is 1.10 bits per heavy atom. The number of carbonyl (C=O) groups excluding carboxylic acids is 1. The zero-order valence-corrected chi connectivity index (χ0v) is 19.4. The fourth-order valence-electron chi connectivity index (χ4n) is 3.52. The maximum absolute atomic E-state index is 12.5. The summed E-state index contributed by atoms with van der Waals surface area (Å²) in [6.45, 7) is 4.21. The van der Waals surface area contributed by atoms with Crippen LogP contribution in [0.5, 0.6) is 0 Å². The van der Waals surface area contributed by atoms with Crippen molar-refractivity contribution in [3.63, 3.8) is 0 Å². The van der Waals surface area contributed by atoms with E-state index in [1.807, 2.05) is 54.1 Å². The minimum absolute atomic E-state index is 0.0493. The second-order valence-corrected chi connectivity index (χ2v) is 9.19. The highest BCUT2D eigenvalue weighted by Gasteiger charge is 2.19. The lowest BCUT2D eigenvalue weighted by molar-refractivity contribution is -0.113. The Bertz CT molecular complexity index is 1200. The van der Waals surface area contributed by atoms with E-state index in [0.717, 1.165) is 34.2 Å². The summed E-state index contributed by atoms with van der Waals surface area (Å²) in [4.78, 5) is 13.7. The molecule has 31 heavy (non-hydrogen) atoms. The summed E-state index contributed by atoms with van der Waals surface area (Å²) in [5, 5.41) is 14.6. The number of thiophene rings is 1. The molecule has 0 bridgehead atoms. The van der Waals surface area contributed by atoms with Crippen molar-refractivity contribution in [1.82, 2.24) is 14.8 Å². The van der Waals surface area contributed by atoms with Crippen molar-refractivity contribution in [3.8, 4) is 22.5 Å². The summed E-state index contributed by atoms with van der Waals surface area (Å²) in [7, 11) is 1.95. The molecule has 1 amide bonds. The number of hydrogen-bond acceptors (Lipinski definition) is 5. The van der Waals surface area contributed by atoms with E-state index in [9.17, 15) is 4.79 Å².